The Morgan fingerprint density at radius 3 is 2.89 bits per heavy atom. The van der Waals surface area contributed by atoms with Crippen LogP contribution in [0, 0.1) is 5.92 Å². The monoisotopic (exact) mass is 374 g/mol. The average Bonchev–Trinajstić information content (AvgIpc) is 2.63. The first-order chi connectivity index (χ1) is 12.9. The molecule has 1 aliphatic heterocycles. The number of benzene rings is 1. The van der Waals surface area contributed by atoms with Gasteiger partial charge >= 0.3 is 11.9 Å². The Balaban J connectivity index is 2.29. The highest BCUT2D eigenvalue weighted by Crippen LogP contribution is 2.26. The molecule has 0 bridgehead atoms. The molecular weight excluding hydrogens is 348 g/mol. The van der Waals surface area contributed by atoms with Gasteiger partial charge in [0.1, 0.15) is 17.4 Å². The summed E-state index contributed by atoms with van der Waals surface area (Å²) < 4.78 is 10.1. The summed E-state index contributed by atoms with van der Waals surface area (Å²) in [4.78, 5) is 23.9. The number of aromatic hydroxyl groups is 1. The predicted molar refractivity (Wildman–Crippen MR) is 100 cm³/mol. The van der Waals surface area contributed by atoms with Crippen molar-refractivity contribution < 1.29 is 29.3 Å². The quantitative estimate of drug-likeness (QED) is 0.480. The molecule has 1 aromatic carbocycles. The van der Waals surface area contributed by atoms with Gasteiger partial charge in [0, 0.05) is 18.9 Å². The Morgan fingerprint density at radius 1 is 1.37 bits per heavy atom. The lowest BCUT2D eigenvalue weighted by Gasteiger charge is -2.24. The molecule has 0 saturated carbocycles. The number of hydrogen-bond donors (Lipinski definition) is 2. The molecule has 1 aromatic rings. The SMILES string of the molecule is COC(=O)/C=C\C[C@@H]1C[C@H](O)[C@H](C)C/C=C/Cc2cccc(O)c2C(=O)O1. The van der Waals surface area contributed by atoms with Crippen LogP contribution in [-0.4, -0.2) is 41.5 Å². The molecule has 6 nitrogen and oxygen atoms in total. The highest BCUT2D eigenvalue weighted by molar-refractivity contribution is 5.94. The number of methoxy groups -OCH3 is 1. The Labute approximate surface area is 159 Å². The number of rotatable bonds is 3. The van der Waals surface area contributed by atoms with E-state index in [1.54, 1.807) is 18.2 Å². The summed E-state index contributed by atoms with van der Waals surface area (Å²) in [5.74, 6) is -1.29. The van der Waals surface area contributed by atoms with Crippen molar-refractivity contribution in [3.05, 3.63) is 53.6 Å². The third-order valence-electron chi connectivity index (χ3n) is 4.63. The van der Waals surface area contributed by atoms with Crippen LogP contribution in [0.25, 0.3) is 0 Å². The Bertz CT molecular complexity index is 721. The number of carbonyl (C=O) groups excluding carboxylic acids is 2. The second kappa shape index (κ2) is 9.92. The van der Waals surface area contributed by atoms with E-state index in [-0.39, 0.29) is 30.1 Å². The molecule has 2 N–H and O–H groups in total. The van der Waals surface area contributed by atoms with Gasteiger partial charge in [-0.3, -0.25) is 0 Å². The first-order valence-corrected chi connectivity index (χ1v) is 9.01. The zero-order valence-corrected chi connectivity index (χ0v) is 15.6. The number of fused-ring (bicyclic) bond motifs is 1. The molecule has 1 heterocycles. The van der Waals surface area contributed by atoms with Crippen LogP contribution in [0.1, 0.15) is 42.1 Å². The summed E-state index contributed by atoms with van der Waals surface area (Å²) in [6.07, 6.45) is 7.07. The van der Waals surface area contributed by atoms with Gasteiger partial charge in [-0.2, -0.15) is 0 Å². The summed E-state index contributed by atoms with van der Waals surface area (Å²) >= 11 is 0. The lowest BCUT2D eigenvalue weighted by molar-refractivity contribution is -0.134. The zero-order chi connectivity index (χ0) is 19.8. The van der Waals surface area contributed by atoms with Gasteiger partial charge in [0.25, 0.3) is 0 Å². The minimum absolute atomic E-state index is 0.00453. The molecule has 0 unspecified atom stereocenters. The van der Waals surface area contributed by atoms with Crippen molar-refractivity contribution in [2.24, 2.45) is 5.92 Å². The van der Waals surface area contributed by atoms with E-state index >= 15 is 0 Å². The summed E-state index contributed by atoms with van der Waals surface area (Å²) in [6, 6.07) is 4.90. The second-order valence-electron chi connectivity index (χ2n) is 6.69. The molecule has 27 heavy (non-hydrogen) atoms. The molecule has 0 aromatic heterocycles. The highest BCUT2D eigenvalue weighted by atomic mass is 16.5. The first kappa shape index (κ1) is 20.7. The van der Waals surface area contributed by atoms with Crippen LogP contribution < -0.4 is 0 Å². The van der Waals surface area contributed by atoms with Gasteiger partial charge in [-0.05, 0) is 30.4 Å². The fraction of sp³-hybridized carbons (Fsp3) is 0.429. The van der Waals surface area contributed by atoms with E-state index in [2.05, 4.69) is 4.74 Å². The van der Waals surface area contributed by atoms with E-state index in [1.165, 1.54) is 19.3 Å². The van der Waals surface area contributed by atoms with Crippen LogP contribution >= 0.6 is 0 Å². The van der Waals surface area contributed by atoms with Gasteiger partial charge in [0.2, 0.25) is 0 Å². The van der Waals surface area contributed by atoms with Crippen LogP contribution in [0.4, 0.5) is 0 Å². The number of esters is 2. The minimum atomic E-state index is -0.665. The van der Waals surface area contributed by atoms with Crippen molar-refractivity contribution in [1.29, 1.82) is 0 Å². The predicted octanol–water partition coefficient (Wildman–Crippen LogP) is 2.93. The topological polar surface area (TPSA) is 93.1 Å². The summed E-state index contributed by atoms with van der Waals surface area (Å²) in [5.41, 5.74) is 0.807. The average molecular weight is 374 g/mol. The molecule has 0 spiro atoms. The zero-order valence-electron chi connectivity index (χ0n) is 15.6. The second-order valence-corrected chi connectivity index (χ2v) is 6.69. The third-order valence-corrected chi connectivity index (χ3v) is 4.63. The molecule has 146 valence electrons. The molecule has 3 atom stereocenters. The Morgan fingerprint density at radius 2 is 2.15 bits per heavy atom. The molecule has 2 rings (SSSR count). The van der Waals surface area contributed by atoms with Crippen molar-refractivity contribution >= 4 is 11.9 Å². The molecule has 0 aliphatic carbocycles. The van der Waals surface area contributed by atoms with E-state index in [0.717, 1.165) is 0 Å². The van der Waals surface area contributed by atoms with E-state index < -0.39 is 24.1 Å². The summed E-state index contributed by atoms with van der Waals surface area (Å²) in [7, 11) is 1.28. The molecule has 0 saturated heterocycles. The van der Waals surface area contributed by atoms with Crippen molar-refractivity contribution in [2.75, 3.05) is 7.11 Å². The molecular formula is C21H26O6. The summed E-state index contributed by atoms with van der Waals surface area (Å²) in [6.45, 7) is 1.93. The van der Waals surface area contributed by atoms with Crippen LogP contribution in [0.15, 0.2) is 42.5 Å². The number of phenols is 1. The van der Waals surface area contributed by atoms with E-state index in [1.807, 2.05) is 19.1 Å². The fourth-order valence-electron chi connectivity index (χ4n) is 2.96. The number of cyclic esters (lactones) is 1. The van der Waals surface area contributed by atoms with Crippen LogP contribution in [-0.2, 0) is 20.7 Å². The molecule has 0 radical (unpaired) electrons. The molecule has 0 fully saturated rings. The molecule has 6 heteroatoms. The van der Waals surface area contributed by atoms with Gasteiger partial charge in [-0.1, -0.05) is 37.3 Å². The molecule has 0 amide bonds. The van der Waals surface area contributed by atoms with E-state index in [4.69, 9.17) is 4.74 Å². The largest absolute Gasteiger partial charge is 0.507 e. The van der Waals surface area contributed by atoms with Crippen LogP contribution in [0.5, 0.6) is 5.75 Å². The van der Waals surface area contributed by atoms with Crippen molar-refractivity contribution in [3.8, 4) is 5.75 Å². The van der Waals surface area contributed by atoms with Gasteiger partial charge in [0.05, 0.1) is 13.2 Å². The number of aliphatic hydroxyl groups is 1. The number of phenolic OH excluding ortho intramolecular Hbond substituents is 1. The van der Waals surface area contributed by atoms with Gasteiger partial charge in [-0.15, -0.1) is 0 Å². The Kier molecular flexibility index (Phi) is 7.61. The van der Waals surface area contributed by atoms with Crippen molar-refractivity contribution in [1.82, 2.24) is 0 Å². The van der Waals surface area contributed by atoms with Crippen LogP contribution in [0.2, 0.25) is 0 Å². The fourth-order valence-corrected chi connectivity index (χ4v) is 2.96. The smallest absolute Gasteiger partial charge is 0.342 e. The van der Waals surface area contributed by atoms with Gasteiger partial charge in [-0.25, -0.2) is 9.59 Å². The standard InChI is InChI=1S/C21H26O6/c1-14-7-3-4-8-15-9-5-11-17(22)20(15)21(25)27-16(13-18(14)23)10-6-12-19(24)26-2/h3-6,9,11-12,14,16,18,22-23H,7-8,10,13H2,1-2H3/b4-3+,12-6-/t14-,16-,18+/m1/s1. The van der Waals surface area contributed by atoms with E-state index in [9.17, 15) is 19.8 Å². The lowest BCUT2D eigenvalue weighted by atomic mass is 9.93. The number of carbonyl (C=O) groups is 2. The highest BCUT2D eigenvalue weighted by Gasteiger charge is 2.25. The normalized spacial score (nSPS) is 25.0. The van der Waals surface area contributed by atoms with Gasteiger partial charge < -0.3 is 19.7 Å². The van der Waals surface area contributed by atoms with Crippen molar-refractivity contribution in [3.63, 3.8) is 0 Å². The Hall–Kier alpha value is -2.60. The maximum atomic E-state index is 12.7. The first-order valence-electron chi connectivity index (χ1n) is 9.01. The summed E-state index contributed by atoms with van der Waals surface area (Å²) in [5, 5.41) is 20.6. The van der Waals surface area contributed by atoms with Crippen molar-refractivity contribution in [2.45, 2.75) is 44.8 Å². The van der Waals surface area contributed by atoms with E-state index in [0.29, 0.717) is 18.4 Å². The third kappa shape index (κ3) is 5.96. The number of ether oxygens (including phenoxy) is 2. The lowest BCUT2D eigenvalue weighted by Crippen LogP contribution is -2.28. The minimum Gasteiger partial charge on any atom is -0.507 e. The number of hydrogen-bond acceptors (Lipinski definition) is 6. The number of allylic oxidation sites excluding steroid dienone is 2. The molecule has 1 aliphatic rings. The maximum Gasteiger partial charge on any atom is 0.342 e. The maximum absolute atomic E-state index is 12.7. The van der Waals surface area contributed by atoms with Gasteiger partial charge in [0.15, 0.2) is 0 Å². The number of aliphatic hydroxyl groups excluding tert-OH is 1. The van der Waals surface area contributed by atoms with Crippen LogP contribution in [0.3, 0.4) is 0 Å².